The number of aliphatic hydroxyl groups is 1. The third-order valence-corrected chi connectivity index (χ3v) is 9.40. The fraction of sp³-hybridized carbons (Fsp3) is 0.382. The molecule has 0 unspecified atom stereocenters. The van der Waals surface area contributed by atoms with Crippen molar-refractivity contribution in [2.75, 3.05) is 7.11 Å². The predicted octanol–water partition coefficient (Wildman–Crippen LogP) is 6.83. The van der Waals surface area contributed by atoms with E-state index in [0.717, 1.165) is 79.1 Å². The number of hydrogen-bond acceptors (Lipinski definition) is 5. The predicted molar refractivity (Wildman–Crippen MR) is 165 cm³/mol. The zero-order valence-corrected chi connectivity index (χ0v) is 24.7. The zero-order valence-electron chi connectivity index (χ0n) is 24.7. The smallest absolute Gasteiger partial charge is 0.305 e. The standard InChI is InChI=1S/C34H38N4O3/c1-8-20-16(3)24-13-26-18(5)22(10-11-31(40)41-7)33(37-26)23-12-30(39)32-19(6)27(38-34(23)32)15-29-21(9-2)17(4)25(36-29)14-28(20)35-24/h8,13-15,18,22,30,35-36,39H,1,9-12H2,2-7H3/t18-,22-,30+/m0/s1. The number of aryl methyl sites for hydroxylation is 3. The molecule has 2 aliphatic heterocycles. The number of methoxy groups -OCH3 is 1. The lowest BCUT2D eigenvalue weighted by atomic mass is 9.85. The molecule has 0 radical (unpaired) electrons. The highest BCUT2D eigenvalue weighted by molar-refractivity contribution is 5.96. The number of nitrogens with one attached hydrogen (secondary N) is 2. The van der Waals surface area contributed by atoms with Crippen LogP contribution in [0, 0.1) is 13.8 Å². The van der Waals surface area contributed by atoms with E-state index in [9.17, 15) is 9.90 Å². The number of aliphatic hydroxyl groups excluding tert-OH is 1. The second kappa shape index (κ2) is 10.1. The number of H-pyrrole nitrogens is 2. The maximum atomic E-state index is 12.2. The summed E-state index contributed by atoms with van der Waals surface area (Å²) in [5.74, 6) is -0.149. The largest absolute Gasteiger partial charge is 0.469 e. The highest BCUT2D eigenvalue weighted by Gasteiger charge is 2.39. The lowest BCUT2D eigenvalue weighted by Gasteiger charge is -2.16. The van der Waals surface area contributed by atoms with Gasteiger partial charge in [0.15, 0.2) is 0 Å². The van der Waals surface area contributed by atoms with Crippen LogP contribution >= 0.6 is 0 Å². The molecule has 212 valence electrons. The normalized spacial score (nSPS) is 19.6. The van der Waals surface area contributed by atoms with Gasteiger partial charge in [0.05, 0.1) is 24.6 Å². The Balaban J connectivity index is 1.74. The SMILES string of the molecule is C=Cc1c(C)c2cc3nc(c4c5nc(cc6[nH]c(cc1[nH]2)c(C)c6CC)C(C)=C5[C@H](O)C4)[C@@H](CCC(=O)OC)[C@@H]3C. The van der Waals surface area contributed by atoms with Crippen molar-refractivity contribution in [3.63, 3.8) is 0 Å². The number of allylic oxidation sites excluding steroid dienone is 1. The second-order valence-electron chi connectivity index (χ2n) is 11.6. The Morgan fingerprint density at radius 3 is 2.54 bits per heavy atom. The summed E-state index contributed by atoms with van der Waals surface area (Å²) in [4.78, 5) is 29.8. The number of esters is 1. The van der Waals surface area contributed by atoms with Crippen molar-refractivity contribution in [3.8, 4) is 0 Å². The van der Waals surface area contributed by atoms with Crippen LogP contribution in [0.4, 0.5) is 0 Å². The molecule has 5 heterocycles. The van der Waals surface area contributed by atoms with E-state index < -0.39 is 6.10 Å². The van der Waals surface area contributed by atoms with Crippen molar-refractivity contribution < 1.29 is 14.6 Å². The molecule has 41 heavy (non-hydrogen) atoms. The number of carbonyl (C=O) groups is 1. The zero-order chi connectivity index (χ0) is 29.2. The minimum absolute atomic E-state index is 0.00804. The van der Waals surface area contributed by atoms with Crippen LogP contribution < -0.4 is 0 Å². The molecule has 0 spiro atoms. The van der Waals surface area contributed by atoms with Gasteiger partial charge in [0.2, 0.25) is 0 Å². The Bertz CT molecular complexity index is 1810. The van der Waals surface area contributed by atoms with Gasteiger partial charge in [-0.05, 0) is 74.1 Å². The molecule has 0 fully saturated rings. The number of rotatable bonds is 5. The lowest BCUT2D eigenvalue weighted by molar-refractivity contribution is -0.140. The number of nitrogens with zero attached hydrogens (tertiary/aromatic N) is 2. The van der Waals surface area contributed by atoms with Crippen LogP contribution in [0.2, 0.25) is 0 Å². The van der Waals surface area contributed by atoms with Crippen LogP contribution in [0.1, 0.15) is 96.0 Å². The Morgan fingerprint density at radius 1 is 1.10 bits per heavy atom. The molecule has 3 aromatic rings. The summed E-state index contributed by atoms with van der Waals surface area (Å²) in [7, 11) is 1.43. The van der Waals surface area contributed by atoms with Crippen molar-refractivity contribution in [2.24, 2.45) is 0 Å². The molecule has 3 aliphatic rings. The van der Waals surface area contributed by atoms with Crippen molar-refractivity contribution in [1.29, 1.82) is 0 Å². The minimum Gasteiger partial charge on any atom is -0.469 e. The van der Waals surface area contributed by atoms with Gasteiger partial charge in [0.1, 0.15) is 0 Å². The number of aromatic amines is 2. The summed E-state index contributed by atoms with van der Waals surface area (Å²) in [5, 5.41) is 11.3. The number of ether oxygens (including phenoxy) is 1. The van der Waals surface area contributed by atoms with Crippen molar-refractivity contribution in [3.05, 3.63) is 75.4 Å². The van der Waals surface area contributed by atoms with E-state index in [1.807, 2.05) is 13.0 Å². The topological polar surface area (TPSA) is 104 Å². The minimum atomic E-state index is -0.635. The van der Waals surface area contributed by atoms with Crippen LogP contribution in [0.15, 0.2) is 24.8 Å². The van der Waals surface area contributed by atoms with Crippen LogP contribution in [0.5, 0.6) is 0 Å². The lowest BCUT2D eigenvalue weighted by Crippen LogP contribution is -2.10. The molecule has 0 amide bonds. The fourth-order valence-corrected chi connectivity index (χ4v) is 6.97. The van der Waals surface area contributed by atoms with Crippen molar-refractivity contribution in [2.45, 2.75) is 78.2 Å². The quantitative estimate of drug-likeness (QED) is 0.302. The van der Waals surface area contributed by atoms with Gasteiger partial charge >= 0.3 is 5.97 Å². The Morgan fingerprint density at radius 2 is 1.83 bits per heavy atom. The number of hydrogen-bond donors (Lipinski definition) is 3. The Labute approximate surface area is 240 Å². The molecular formula is C34H38N4O3. The molecular weight excluding hydrogens is 512 g/mol. The molecule has 0 aromatic carbocycles. The third-order valence-electron chi connectivity index (χ3n) is 9.40. The Hall–Kier alpha value is -3.97. The van der Waals surface area contributed by atoms with Crippen LogP contribution in [0.25, 0.3) is 39.3 Å². The van der Waals surface area contributed by atoms with E-state index in [1.165, 1.54) is 18.2 Å². The van der Waals surface area contributed by atoms with Gasteiger partial charge in [-0.2, -0.15) is 0 Å². The van der Waals surface area contributed by atoms with E-state index in [-0.39, 0.29) is 17.8 Å². The molecule has 0 saturated heterocycles. The van der Waals surface area contributed by atoms with Gasteiger partial charge in [-0.15, -0.1) is 0 Å². The van der Waals surface area contributed by atoms with Crippen LogP contribution in [0.3, 0.4) is 0 Å². The van der Waals surface area contributed by atoms with Gasteiger partial charge in [0, 0.05) is 74.8 Å². The summed E-state index contributed by atoms with van der Waals surface area (Å²) in [6.07, 6.45) is 3.54. The monoisotopic (exact) mass is 550 g/mol. The first kappa shape index (κ1) is 27.2. The van der Waals surface area contributed by atoms with Crippen LogP contribution in [-0.4, -0.2) is 44.2 Å². The van der Waals surface area contributed by atoms with E-state index in [2.05, 4.69) is 62.4 Å². The Kier molecular flexibility index (Phi) is 6.73. The van der Waals surface area contributed by atoms with Gasteiger partial charge < -0.3 is 19.8 Å². The third kappa shape index (κ3) is 4.25. The summed E-state index contributed by atoms with van der Waals surface area (Å²) < 4.78 is 4.97. The van der Waals surface area contributed by atoms with Gasteiger partial charge in [-0.1, -0.05) is 26.5 Å². The summed E-state index contributed by atoms with van der Waals surface area (Å²) in [6, 6.07) is 6.41. The average Bonchev–Trinajstić information content (AvgIpc) is 3.70. The van der Waals surface area contributed by atoms with E-state index >= 15 is 0 Å². The van der Waals surface area contributed by atoms with Crippen LogP contribution in [-0.2, 0) is 22.4 Å². The van der Waals surface area contributed by atoms with Crippen molar-refractivity contribution in [1.82, 2.24) is 19.9 Å². The molecule has 6 rings (SSSR count). The summed E-state index contributed by atoms with van der Waals surface area (Å²) in [5.41, 5.74) is 15.1. The first-order chi connectivity index (χ1) is 19.7. The molecule has 0 saturated carbocycles. The first-order valence-electron chi connectivity index (χ1n) is 14.5. The van der Waals surface area contributed by atoms with E-state index in [4.69, 9.17) is 14.7 Å². The number of fused-ring (bicyclic) bond motifs is 8. The van der Waals surface area contributed by atoms with E-state index in [0.29, 0.717) is 19.3 Å². The maximum Gasteiger partial charge on any atom is 0.305 e. The highest BCUT2D eigenvalue weighted by atomic mass is 16.5. The molecule has 7 heteroatoms. The van der Waals surface area contributed by atoms with E-state index in [1.54, 1.807) is 0 Å². The molecule has 3 aromatic heterocycles. The molecule has 8 bridgehead atoms. The molecule has 3 N–H and O–H groups in total. The van der Waals surface area contributed by atoms with Gasteiger partial charge in [-0.3, -0.25) is 9.78 Å². The summed E-state index contributed by atoms with van der Waals surface area (Å²) in [6.45, 7) is 14.8. The fourth-order valence-electron chi connectivity index (χ4n) is 6.97. The second-order valence-corrected chi connectivity index (χ2v) is 11.6. The van der Waals surface area contributed by atoms with Gasteiger partial charge in [0.25, 0.3) is 0 Å². The molecule has 1 aliphatic carbocycles. The number of carbonyl (C=O) groups excluding carboxylic acids is 1. The van der Waals surface area contributed by atoms with Crippen molar-refractivity contribution >= 4 is 45.3 Å². The first-order valence-corrected chi connectivity index (χ1v) is 14.5. The van der Waals surface area contributed by atoms with Gasteiger partial charge in [-0.25, -0.2) is 4.98 Å². The number of aromatic nitrogens is 4. The average molecular weight is 551 g/mol. The molecule has 7 nitrogen and oxygen atoms in total. The highest BCUT2D eigenvalue weighted by Crippen LogP contribution is 2.47. The summed E-state index contributed by atoms with van der Waals surface area (Å²) >= 11 is 0. The maximum absolute atomic E-state index is 12.2. The molecule has 3 atom stereocenters.